The number of rotatable bonds is 1. The van der Waals surface area contributed by atoms with Crippen LogP contribution < -0.4 is 5.32 Å². The number of carbonyl (C=O) groups is 1. The summed E-state index contributed by atoms with van der Waals surface area (Å²) in [5, 5.41) is 3.39. The van der Waals surface area contributed by atoms with Crippen LogP contribution in [0, 0.1) is 0 Å². The average Bonchev–Trinajstić information content (AvgIpc) is 2.47. The first kappa shape index (κ1) is 7.80. The molecule has 0 unspecified atom stereocenters. The van der Waals surface area contributed by atoms with Crippen LogP contribution in [0.2, 0.25) is 0 Å². The van der Waals surface area contributed by atoms with Crippen molar-refractivity contribution in [2.24, 2.45) is 0 Å². The maximum atomic E-state index is 11.2. The number of methoxy groups -OCH3 is 1. The van der Waals surface area contributed by atoms with E-state index in [9.17, 15) is 4.79 Å². The summed E-state index contributed by atoms with van der Waals surface area (Å²) in [6.45, 7) is 0. The first-order valence-corrected chi connectivity index (χ1v) is 4.35. The minimum absolute atomic E-state index is 0.173. The third kappa shape index (κ3) is 1.14. The largest absolute Gasteiger partial charge is 0.466 e. The lowest BCUT2D eigenvalue weighted by molar-refractivity contribution is -0.136. The SMILES string of the molecule is COC(=O)C1=CC[C@@H]2CC[C@H]1N2. The van der Waals surface area contributed by atoms with Crippen molar-refractivity contribution in [2.75, 3.05) is 7.11 Å². The lowest BCUT2D eigenvalue weighted by atomic mass is 10.0. The van der Waals surface area contributed by atoms with Crippen molar-refractivity contribution in [3.05, 3.63) is 11.6 Å². The molecule has 0 aromatic rings. The van der Waals surface area contributed by atoms with Gasteiger partial charge in [0.2, 0.25) is 0 Å². The Labute approximate surface area is 71.8 Å². The molecule has 2 bridgehead atoms. The van der Waals surface area contributed by atoms with E-state index in [0.717, 1.165) is 18.4 Å². The fourth-order valence-corrected chi connectivity index (χ4v) is 2.01. The van der Waals surface area contributed by atoms with Crippen LogP contribution in [0.25, 0.3) is 0 Å². The lowest BCUT2D eigenvalue weighted by Gasteiger charge is -2.20. The molecule has 12 heavy (non-hydrogen) atoms. The minimum Gasteiger partial charge on any atom is -0.466 e. The molecule has 66 valence electrons. The van der Waals surface area contributed by atoms with Crippen LogP contribution in [0.4, 0.5) is 0 Å². The first-order valence-electron chi connectivity index (χ1n) is 4.35. The van der Waals surface area contributed by atoms with Gasteiger partial charge in [0.15, 0.2) is 0 Å². The van der Waals surface area contributed by atoms with E-state index in [1.165, 1.54) is 13.5 Å². The Morgan fingerprint density at radius 3 is 3.25 bits per heavy atom. The summed E-state index contributed by atoms with van der Waals surface area (Å²) in [7, 11) is 1.43. The van der Waals surface area contributed by atoms with Crippen molar-refractivity contribution < 1.29 is 9.53 Å². The Morgan fingerprint density at radius 2 is 2.50 bits per heavy atom. The fraction of sp³-hybridized carbons (Fsp3) is 0.667. The molecule has 2 rings (SSSR count). The molecule has 2 heterocycles. The maximum Gasteiger partial charge on any atom is 0.335 e. The highest BCUT2D eigenvalue weighted by Gasteiger charge is 2.33. The summed E-state index contributed by atoms with van der Waals surface area (Å²) >= 11 is 0. The van der Waals surface area contributed by atoms with Gasteiger partial charge in [-0.2, -0.15) is 0 Å². The average molecular weight is 167 g/mol. The van der Waals surface area contributed by atoms with Gasteiger partial charge in [0.1, 0.15) is 0 Å². The molecule has 0 aromatic carbocycles. The molecule has 0 saturated carbocycles. The van der Waals surface area contributed by atoms with Crippen LogP contribution in [0.3, 0.4) is 0 Å². The number of ether oxygens (including phenoxy) is 1. The summed E-state index contributed by atoms with van der Waals surface area (Å²) in [5.74, 6) is -0.173. The Kier molecular flexibility index (Phi) is 1.89. The van der Waals surface area contributed by atoms with Gasteiger partial charge in [-0.05, 0) is 19.3 Å². The van der Waals surface area contributed by atoms with Crippen LogP contribution >= 0.6 is 0 Å². The Hall–Kier alpha value is -0.830. The normalized spacial score (nSPS) is 32.9. The fourth-order valence-electron chi connectivity index (χ4n) is 2.01. The monoisotopic (exact) mass is 167 g/mol. The van der Waals surface area contributed by atoms with Gasteiger partial charge in [-0.3, -0.25) is 0 Å². The van der Waals surface area contributed by atoms with Gasteiger partial charge in [-0.15, -0.1) is 0 Å². The van der Waals surface area contributed by atoms with E-state index in [1.807, 2.05) is 6.08 Å². The topological polar surface area (TPSA) is 38.3 Å². The smallest absolute Gasteiger partial charge is 0.335 e. The predicted octanol–water partition coefficient (Wildman–Crippen LogP) is 0.610. The highest BCUT2D eigenvalue weighted by atomic mass is 16.5. The van der Waals surface area contributed by atoms with Crippen molar-refractivity contribution in [3.8, 4) is 0 Å². The summed E-state index contributed by atoms with van der Waals surface area (Å²) in [4.78, 5) is 11.2. The minimum atomic E-state index is -0.173. The van der Waals surface area contributed by atoms with Crippen LogP contribution in [0.1, 0.15) is 19.3 Å². The molecule has 0 radical (unpaired) electrons. The molecule has 1 saturated heterocycles. The molecule has 2 aliphatic heterocycles. The molecule has 2 atom stereocenters. The lowest BCUT2D eigenvalue weighted by Crippen LogP contribution is -2.36. The van der Waals surface area contributed by atoms with Gasteiger partial charge >= 0.3 is 5.97 Å². The van der Waals surface area contributed by atoms with E-state index < -0.39 is 0 Å². The highest BCUT2D eigenvalue weighted by Crippen LogP contribution is 2.27. The van der Waals surface area contributed by atoms with E-state index in [-0.39, 0.29) is 12.0 Å². The second kappa shape index (κ2) is 2.90. The van der Waals surface area contributed by atoms with Gasteiger partial charge in [0.25, 0.3) is 0 Å². The van der Waals surface area contributed by atoms with Gasteiger partial charge in [0, 0.05) is 12.1 Å². The number of esters is 1. The molecule has 0 aromatic heterocycles. The third-order valence-corrected chi connectivity index (χ3v) is 2.66. The molecule has 3 nitrogen and oxygen atoms in total. The first-order chi connectivity index (χ1) is 5.81. The maximum absolute atomic E-state index is 11.2. The second-order valence-electron chi connectivity index (χ2n) is 3.38. The molecule has 1 fully saturated rings. The van der Waals surface area contributed by atoms with Gasteiger partial charge in [-0.1, -0.05) is 6.08 Å². The van der Waals surface area contributed by atoms with Crippen LogP contribution in [-0.4, -0.2) is 25.2 Å². The number of fused-ring (bicyclic) bond motifs is 2. The molecular weight excluding hydrogens is 154 g/mol. The summed E-state index contributed by atoms with van der Waals surface area (Å²) in [5.41, 5.74) is 0.825. The zero-order valence-electron chi connectivity index (χ0n) is 7.17. The van der Waals surface area contributed by atoms with Crippen molar-refractivity contribution >= 4 is 5.97 Å². The predicted molar refractivity (Wildman–Crippen MR) is 44.7 cm³/mol. The third-order valence-electron chi connectivity index (χ3n) is 2.66. The Morgan fingerprint density at radius 1 is 1.67 bits per heavy atom. The summed E-state index contributed by atoms with van der Waals surface area (Å²) < 4.78 is 4.69. The number of hydrogen-bond acceptors (Lipinski definition) is 3. The summed E-state index contributed by atoms with van der Waals surface area (Å²) in [6, 6.07) is 0.861. The van der Waals surface area contributed by atoms with E-state index >= 15 is 0 Å². The zero-order valence-corrected chi connectivity index (χ0v) is 7.17. The van der Waals surface area contributed by atoms with Crippen LogP contribution in [-0.2, 0) is 9.53 Å². The van der Waals surface area contributed by atoms with Crippen molar-refractivity contribution in [2.45, 2.75) is 31.3 Å². The molecule has 0 spiro atoms. The molecule has 0 aliphatic carbocycles. The molecular formula is C9H13NO2. The van der Waals surface area contributed by atoms with Gasteiger partial charge in [0.05, 0.1) is 12.7 Å². The van der Waals surface area contributed by atoms with Crippen molar-refractivity contribution in [1.29, 1.82) is 0 Å². The summed E-state index contributed by atoms with van der Waals surface area (Å²) in [6.07, 6.45) is 5.25. The van der Waals surface area contributed by atoms with Gasteiger partial charge < -0.3 is 10.1 Å². The Bertz CT molecular complexity index is 235. The zero-order chi connectivity index (χ0) is 8.55. The standard InChI is InChI=1S/C9H13NO2/c1-12-9(11)7-4-2-6-3-5-8(7)10-6/h4,6,8,10H,2-3,5H2,1H3/t6-,8-/m1/s1. The van der Waals surface area contributed by atoms with Crippen LogP contribution in [0.5, 0.6) is 0 Å². The molecule has 1 N–H and O–H groups in total. The van der Waals surface area contributed by atoms with Crippen LogP contribution in [0.15, 0.2) is 11.6 Å². The second-order valence-corrected chi connectivity index (χ2v) is 3.38. The highest BCUT2D eigenvalue weighted by molar-refractivity contribution is 5.90. The number of carbonyl (C=O) groups excluding carboxylic acids is 1. The van der Waals surface area contributed by atoms with Crippen molar-refractivity contribution in [3.63, 3.8) is 0 Å². The van der Waals surface area contributed by atoms with Crippen molar-refractivity contribution in [1.82, 2.24) is 5.32 Å². The van der Waals surface area contributed by atoms with E-state index in [0.29, 0.717) is 6.04 Å². The Balaban J connectivity index is 2.15. The quantitative estimate of drug-likeness (QED) is 0.581. The van der Waals surface area contributed by atoms with E-state index in [1.54, 1.807) is 0 Å². The molecule has 3 heteroatoms. The van der Waals surface area contributed by atoms with E-state index in [4.69, 9.17) is 4.74 Å². The number of nitrogens with one attached hydrogen (secondary N) is 1. The number of hydrogen-bond donors (Lipinski definition) is 1. The van der Waals surface area contributed by atoms with Gasteiger partial charge in [-0.25, -0.2) is 4.79 Å². The molecule has 2 aliphatic rings. The molecule has 0 amide bonds. The van der Waals surface area contributed by atoms with E-state index in [2.05, 4.69) is 5.32 Å².